The van der Waals surface area contributed by atoms with Crippen molar-refractivity contribution < 1.29 is 13.9 Å². The molecule has 0 saturated heterocycles. The number of benzene rings is 1. The number of carbonyl (C=O) groups excluding carboxylic acids is 1. The minimum Gasteiger partial charge on any atom is -0.481 e. The van der Waals surface area contributed by atoms with E-state index in [4.69, 9.17) is 9.15 Å². The monoisotopic (exact) mass is 333 g/mol. The molecule has 1 atom stereocenters. The van der Waals surface area contributed by atoms with E-state index in [2.05, 4.69) is 5.32 Å². The van der Waals surface area contributed by atoms with Gasteiger partial charge in [-0.15, -0.1) is 0 Å². The van der Waals surface area contributed by atoms with Crippen LogP contribution in [0.2, 0.25) is 0 Å². The van der Waals surface area contributed by atoms with E-state index in [1.165, 1.54) is 0 Å². The Morgan fingerprint density at radius 2 is 2.17 bits per heavy atom. The van der Waals surface area contributed by atoms with Gasteiger partial charge in [-0.2, -0.15) is 11.8 Å². The van der Waals surface area contributed by atoms with Crippen LogP contribution in [-0.2, 0) is 10.5 Å². The molecule has 1 aromatic heterocycles. The highest BCUT2D eigenvalue weighted by atomic mass is 32.2. The third kappa shape index (κ3) is 5.67. The van der Waals surface area contributed by atoms with Gasteiger partial charge >= 0.3 is 0 Å². The number of hydrogen-bond donors (Lipinski definition) is 1. The molecule has 5 heteroatoms. The van der Waals surface area contributed by atoms with Crippen LogP contribution in [0.3, 0.4) is 0 Å². The van der Waals surface area contributed by atoms with Crippen molar-refractivity contribution in [1.82, 2.24) is 5.32 Å². The maximum absolute atomic E-state index is 12.1. The van der Waals surface area contributed by atoms with Gasteiger partial charge in [0.05, 0.1) is 12.0 Å². The number of furan rings is 1. The Morgan fingerprint density at radius 3 is 2.91 bits per heavy atom. The summed E-state index contributed by atoms with van der Waals surface area (Å²) in [5.41, 5.74) is 2.15. The Kier molecular flexibility index (Phi) is 6.59. The Hall–Kier alpha value is -1.88. The molecule has 0 aliphatic rings. The zero-order valence-electron chi connectivity index (χ0n) is 13.8. The van der Waals surface area contributed by atoms with E-state index in [1.54, 1.807) is 24.9 Å². The van der Waals surface area contributed by atoms with Crippen LogP contribution in [0.4, 0.5) is 0 Å². The smallest absolute Gasteiger partial charge is 0.260 e. The largest absolute Gasteiger partial charge is 0.481 e. The van der Waals surface area contributed by atoms with E-state index in [1.807, 2.05) is 44.2 Å². The molecule has 2 aromatic rings. The molecule has 4 nitrogen and oxygen atoms in total. The van der Waals surface area contributed by atoms with Crippen LogP contribution in [0.15, 0.2) is 41.0 Å². The third-order valence-electron chi connectivity index (χ3n) is 3.39. The lowest BCUT2D eigenvalue weighted by Crippen LogP contribution is -2.37. The lowest BCUT2D eigenvalue weighted by Gasteiger charge is -2.16. The zero-order valence-corrected chi connectivity index (χ0v) is 14.6. The summed E-state index contributed by atoms with van der Waals surface area (Å²) in [4.78, 5) is 12.1. The second-order valence-electron chi connectivity index (χ2n) is 5.45. The first-order chi connectivity index (χ1) is 11.1. The molecule has 0 aliphatic carbocycles. The van der Waals surface area contributed by atoms with Gasteiger partial charge in [0.1, 0.15) is 11.5 Å². The number of carbonyl (C=O) groups is 1. The molecule has 1 heterocycles. The highest BCUT2D eigenvalue weighted by Gasteiger charge is 2.15. The summed E-state index contributed by atoms with van der Waals surface area (Å²) < 4.78 is 11.0. The highest BCUT2D eigenvalue weighted by Crippen LogP contribution is 2.20. The minimum absolute atomic E-state index is 0.0931. The van der Waals surface area contributed by atoms with Gasteiger partial charge in [0.15, 0.2) is 6.10 Å². The SMILES string of the molecule is Cc1ccc(C)c(O[C@@H](C)C(=O)NCCSCc2ccco2)c1. The first-order valence-corrected chi connectivity index (χ1v) is 8.83. The number of nitrogens with one attached hydrogen (secondary N) is 1. The van der Waals surface area contributed by atoms with E-state index < -0.39 is 6.10 Å². The van der Waals surface area contributed by atoms with Gasteiger partial charge in [0.2, 0.25) is 0 Å². The average molecular weight is 333 g/mol. The van der Waals surface area contributed by atoms with Crippen LogP contribution >= 0.6 is 11.8 Å². The topological polar surface area (TPSA) is 51.5 Å². The molecule has 124 valence electrons. The van der Waals surface area contributed by atoms with Crippen LogP contribution < -0.4 is 10.1 Å². The maximum atomic E-state index is 12.1. The van der Waals surface area contributed by atoms with Crippen LogP contribution in [-0.4, -0.2) is 24.3 Å². The first-order valence-electron chi connectivity index (χ1n) is 7.68. The number of amides is 1. The molecule has 23 heavy (non-hydrogen) atoms. The predicted octanol–water partition coefficient (Wildman–Crippen LogP) is 3.71. The molecule has 2 rings (SSSR count). The lowest BCUT2D eigenvalue weighted by atomic mass is 10.1. The molecule has 0 spiro atoms. The van der Waals surface area contributed by atoms with Gasteiger partial charge in [-0.25, -0.2) is 0 Å². The van der Waals surface area contributed by atoms with Crippen molar-refractivity contribution in [3.63, 3.8) is 0 Å². The van der Waals surface area contributed by atoms with E-state index >= 15 is 0 Å². The Balaban J connectivity index is 1.69. The summed E-state index contributed by atoms with van der Waals surface area (Å²) in [6.45, 7) is 6.37. The van der Waals surface area contributed by atoms with Crippen molar-refractivity contribution in [2.24, 2.45) is 0 Å². The van der Waals surface area contributed by atoms with Crippen molar-refractivity contribution in [2.45, 2.75) is 32.6 Å². The molecule has 0 bridgehead atoms. The quantitative estimate of drug-likeness (QED) is 0.748. The molecule has 0 fully saturated rings. The average Bonchev–Trinajstić information content (AvgIpc) is 3.03. The summed E-state index contributed by atoms with van der Waals surface area (Å²) >= 11 is 1.72. The first kappa shape index (κ1) is 17.5. The van der Waals surface area contributed by atoms with Crippen molar-refractivity contribution in [2.75, 3.05) is 12.3 Å². The zero-order chi connectivity index (χ0) is 16.7. The number of hydrogen-bond acceptors (Lipinski definition) is 4. The highest BCUT2D eigenvalue weighted by molar-refractivity contribution is 7.98. The molecule has 1 aromatic carbocycles. The van der Waals surface area contributed by atoms with E-state index in [9.17, 15) is 4.79 Å². The number of aryl methyl sites for hydroxylation is 2. The summed E-state index contributed by atoms with van der Waals surface area (Å²) in [6, 6.07) is 9.82. The van der Waals surface area contributed by atoms with Crippen LogP contribution in [0.5, 0.6) is 5.75 Å². The second-order valence-corrected chi connectivity index (χ2v) is 6.56. The van der Waals surface area contributed by atoms with E-state index in [0.29, 0.717) is 6.54 Å². The van der Waals surface area contributed by atoms with Crippen molar-refractivity contribution >= 4 is 17.7 Å². The van der Waals surface area contributed by atoms with E-state index in [-0.39, 0.29) is 5.91 Å². The molecule has 0 radical (unpaired) electrons. The van der Waals surface area contributed by atoms with E-state index in [0.717, 1.165) is 34.1 Å². The number of ether oxygens (including phenoxy) is 1. The molecule has 0 saturated carbocycles. The molecular weight excluding hydrogens is 310 g/mol. The van der Waals surface area contributed by atoms with Crippen molar-refractivity contribution in [3.05, 3.63) is 53.5 Å². The van der Waals surface area contributed by atoms with Gasteiger partial charge in [-0.3, -0.25) is 4.79 Å². The van der Waals surface area contributed by atoms with Crippen LogP contribution in [0.1, 0.15) is 23.8 Å². The number of thioether (sulfide) groups is 1. The maximum Gasteiger partial charge on any atom is 0.260 e. The fraction of sp³-hybridized carbons (Fsp3) is 0.389. The summed E-state index contributed by atoms with van der Waals surface area (Å²) in [5.74, 6) is 3.28. The standard InChI is InChI=1S/C18H23NO3S/c1-13-6-7-14(2)17(11-13)22-15(3)18(20)19-8-10-23-12-16-5-4-9-21-16/h4-7,9,11,15H,8,10,12H2,1-3H3,(H,19,20)/t15-/m0/s1. The second kappa shape index (κ2) is 8.67. The normalized spacial score (nSPS) is 12.0. The Morgan fingerprint density at radius 1 is 1.35 bits per heavy atom. The minimum atomic E-state index is -0.509. The molecule has 1 N–H and O–H groups in total. The molecule has 0 unspecified atom stereocenters. The van der Waals surface area contributed by atoms with Crippen molar-refractivity contribution in [3.8, 4) is 5.75 Å². The lowest BCUT2D eigenvalue weighted by molar-refractivity contribution is -0.127. The molecule has 1 amide bonds. The Bertz CT molecular complexity index is 625. The molecular formula is C18H23NO3S. The summed E-state index contributed by atoms with van der Waals surface area (Å²) in [6.07, 6.45) is 1.16. The van der Waals surface area contributed by atoms with Gasteiger partial charge < -0.3 is 14.5 Å². The fourth-order valence-corrected chi connectivity index (χ4v) is 2.79. The van der Waals surface area contributed by atoms with Gasteiger partial charge in [-0.1, -0.05) is 12.1 Å². The van der Waals surface area contributed by atoms with Crippen molar-refractivity contribution in [1.29, 1.82) is 0 Å². The van der Waals surface area contributed by atoms with Crippen LogP contribution in [0.25, 0.3) is 0 Å². The van der Waals surface area contributed by atoms with Gasteiger partial charge in [0.25, 0.3) is 5.91 Å². The van der Waals surface area contributed by atoms with Gasteiger partial charge in [-0.05, 0) is 50.1 Å². The summed E-state index contributed by atoms with van der Waals surface area (Å²) in [5, 5.41) is 2.90. The fourth-order valence-electron chi connectivity index (χ4n) is 2.04. The molecule has 0 aliphatic heterocycles. The number of rotatable bonds is 8. The Labute approximate surface area is 141 Å². The third-order valence-corrected chi connectivity index (χ3v) is 4.37. The summed E-state index contributed by atoms with van der Waals surface area (Å²) in [7, 11) is 0. The van der Waals surface area contributed by atoms with Crippen LogP contribution in [0, 0.1) is 13.8 Å². The predicted molar refractivity (Wildman–Crippen MR) is 93.9 cm³/mol. The van der Waals surface area contributed by atoms with Gasteiger partial charge in [0, 0.05) is 12.3 Å².